The van der Waals surface area contributed by atoms with Gasteiger partial charge in [0, 0.05) is 23.5 Å². The normalized spacial score (nSPS) is 11.1. The van der Waals surface area contributed by atoms with Crippen molar-refractivity contribution in [1.82, 2.24) is 20.6 Å². The SMILES string of the molecule is CCc1sc(C(=O)NNC(=O)CCc2c(C)nn(CC(C)C)c2C)cc1C. The first-order chi connectivity index (χ1) is 12.7. The first kappa shape index (κ1) is 21.2. The Balaban J connectivity index is 1.87. The molecular weight excluding hydrogens is 360 g/mol. The third-order valence-corrected chi connectivity index (χ3v) is 5.93. The second kappa shape index (κ2) is 9.17. The fourth-order valence-electron chi connectivity index (χ4n) is 3.09. The molecule has 2 amide bonds. The van der Waals surface area contributed by atoms with Gasteiger partial charge in [0.05, 0.1) is 10.6 Å². The highest BCUT2D eigenvalue weighted by atomic mass is 32.1. The van der Waals surface area contributed by atoms with E-state index in [0.717, 1.165) is 35.5 Å². The number of nitrogens with zero attached hydrogens (tertiary/aromatic N) is 2. The summed E-state index contributed by atoms with van der Waals surface area (Å²) in [5.74, 6) is 0.0412. The zero-order valence-corrected chi connectivity index (χ0v) is 17.9. The van der Waals surface area contributed by atoms with Crippen LogP contribution in [-0.2, 0) is 24.2 Å². The van der Waals surface area contributed by atoms with E-state index in [9.17, 15) is 9.59 Å². The highest BCUT2D eigenvalue weighted by molar-refractivity contribution is 7.14. The predicted octanol–water partition coefficient (Wildman–Crippen LogP) is 3.48. The minimum atomic E-state index is -0.270. The van der Waals surface area contributed by atoms with Gasteiger partial charge >= 0.3 is 0 Å². The van der Waals surface area contributed by atoms with E-state index in [1.165, 1.54) is 16.2 Å². The van der Waals surface area contributed by atoms with Gasteiger partial charge in [-0.15, -0.1) is 11.3 Å². The van der Waals surface area contributed by atoms with Crippen LogP contribution in [-0.4, -0.2) is 21.6 Å². The van der Waals surface area contributed by atoms with Crippen molar-refractivity contribution in [1.29, 1.82) is 0 Å². The van der Waals surface area contributed by atoms with Crippen LogP contribution < -0.4 is 10.9 Å². The highest BCUT2D eigenvalue weighted by Gasteiger charge is 2.15. The lowest BCUT2D eigenvalue weighted by Gasteiger charge is -2.08. The van der Waals surface area contributed by atoms with Crippen LogP contribution >= 0.6 is 11.3 Å². The van der Waals surface area contributed by atoms with Crippen molar-refractivity contribution < 1.29 is 9.59 Å². The van der Waals surface area contributed by atoms with Gasteiger partial charge < -0.3 is 0 Å². The quantitative estimate of drug-likeness (QED) is 0.711. The number of hydrazine groups is 1. The Labute approximate surface area is 165 Å². The van der Waals surface area contributed by atoms with Crippen LogP contribution in [0, 0.1) is 26.7 Å². The van der Waals surface area contributed by atoms with E-state index in [1.54, 1.807) is 0 Å². The second-order valence-electron chi connectivity index (χ2n) is 7.30. The molecular formula is C20H30N4O2S. The minimum absolute atomic E-state index is 0.206. The molecule has 0 spiro atoms. The number of carbonyl (C=O) groups is 2. The van der Waals surface area contributed by atoms with Crippen LogP contribution in [0.25, 0.3) is 0 Å². The number of hydrogen-bond acceptors (Lipinski definition) is 4. The van der Waals surface area contributed by atoms with Gasteiger partial charge in [-0.1, -0.05) is 20.8 Å². The number of carbonyl (C=O) groups excluding carboxylic acids is 2. The molecule has 0 aliphatic carbocycles. The number of thiophene rings is 1. The first-order valence-electron chi connectivity index (χ1n) is 9.44. The van der Waals surface area contributed by atoms with Crippen molar-refractivity contribution in [3.05, 3.63) is 38.3 Å². The maximum Gasteiger partial charge on any atom is 0.279 e. The molecule has 0 bridgehead atoms. The fraction of sp³-hybridized carbons (Fsp3) is 0.550. The van der Waals surface area contributed by atoms with E-state index in [1.807, 2.05) is 31.5 Å². The Morgan fingerprint density at radius 3 is 2.52 bits per heavy atom. The van der Waals surface area contributed by atoms with Crippen molar-refractivity contribution in [2.24, 2.45) is 5.92 Å². The summed E-state index contributed by atoms with van der Waals surface area (Å²) < 4.78 is 2.01. The molecule has 2 heterocycles. The van der Waals surface area contributed by atoms with E-state index < -0.39 is 0 Å². The molecule has 0 saturated carbocycles. The summed E-state index contributed by atoms with van der Waals surface area (Å²) in [5.41, 5.74) is 9.33. The average molecular weight is 391 g/mol. The van der Waals surface area contributed by atoms with Crippen LogP contribution in [0.4, 0.5) is 0 Å². The molecule has 0 aromatic carbocycles. The van der Waals surface area contributed by atoms with Gasteiger partial charge in [-0.3, -0.25) is 25.1 Å². The summed E-state index contributed by atoms with van der Waals surface area (Å²) in [4.78, 5) is 26.1. The fourth-order valence-corrected chi connectivity index (χ4v) is 4.10. The lowest BCUT2D eigenvalue weighted by atomic mass is 10.1. The monoisotopic (exact) mass is 390 g/mol. The molecule has 148 valence electrons. The van der Waals surface area contributed by atoms with Crippen LogP contribution in [0.5, 0.6) is 0 Å². The third kappa shape index (κ3) is 5.42. The summed E-state index contributed by atoms with van der Waals surface area (Å²) in [6.45, 7) is 13.3. The lowest BCUT2D eigenvalue weighted by Crippen LogP contribution is -2.41. The molecule has 2 aromatic heterocycles. The Hall–Kier alpha value is -2.15. The predicted molar refractivity (Wildman–Crippen MR) is 109 cm³/mol. The van der Waals surface area contributed by atoms with Crippen molar-refractivity contribution >= 4 is 23.2 Å². The zero-order chi connectivity index (χ0) is 20.1. The maximum atomic E-state index is 12.2. The third-order valence-electron chi connectivity index (χ3n) is 4.55. The topological polar surface area (TPSA) is 76.0 Å². The van der Waals surface area contributed by atoms with E-state index in [-0.39, 0.29) is 11.8 Å². The summed E-state index contributed by atoms with van der Waals surface area (Å²) in [6.07, 6.45) is 1.81. The molecule has 0 radical (unpaired) electrons. The number of rotatable bonds is 7. The van der Waals surface area contributed by atoms with Gasteiger partial charge in [0.25, 0.3) is 5.91 Å². The molecule has 2 N–H and O–H groups in total. The summed E-state index contributed by atoms with van der Waals surface area (Å²) in [6, 6.07) is 1.86. The Morgan fingerprint density at radius 2 is 1.93 bits per heavy atom. The molecule has 2 aromatic rings. The Kier molecular flexibility index (Phi) is 7.18. The number of aromatic nitrogens is 2. The Morgan fingerprint density at radius 1 is 1.22 bits per heavy atom. The van der Waals surface area contributed by atoms with Crippen LogP contribution in [0.1, 0.15) is 64.3 Å². The van der Waals surface area contributed by atoms with Gasteiger partial charge in [-0.25, -0.2) is 0 Å². The first-order valence-corrected chi connectivity index (χ1v) is 10.3. The molecule has 0 atom stereocenters. The lowest BCUT2D eigenvalue weighted by molar-refractivity contribution is -0.121. The number of amides is 2. The Bertz CT molecular complexity index is 820. The van der Waals surface area contributed by atoms with Gasteiger partial charge in [0.2, 0.25) is 5.91 Å². The van der Waals surface area contributed by atoms with E-state index in [0.29, 0.717) is 23.6 Å². The summed E-state index contributed by atoms with van der Waals surface area (Å²) in [5, 5.41) is 4.58. The van der Waals surface area contributed by atoms with Crippen molar-refractivity contribution in [3.63, 3.8) is 0 Å². The second-order valence-corrected chi connectivity index (χ2v) is 8.43. The zero-order valence-electron chi connectivity index (χ0n) is 17.1. The van der Waals surface area contributed by atoms with Crippen LogP contribution in [0.15, 0.2) is 6.07 Å². The molecule has 0 fully saturated rings. The average Bonchev–Trinajstić information content (AvgIpc) is 3.10. The van der Waals surface area contributed by atoms with E-state index in [2.05, 4.69) is 36.7 Å². The van der Waals surface area contributed by atoms with Crippen LogP contribution in [0.2, 0.25) is 0 Å². The molecule has 2 rings (SSSR count). The summed E-state index contributed by atoms with van der Waals surface area (Å²) >= 11 is 1.47. The standard InChI is InChI=1S/C20H30N4O2S/c1-7-17-13(4)10-18(27-17)20(26)22-21-19(25)9-8-16-14(5)23-24(15(16)6)11-12(2)3/h10,12H,7-9,11H2,1-6H3,(H,21,25)(H,22,26). The molecule has 0 saturated heterocycles. The van der Waals surface area contributed by atoms with Gasteiger partial charge in [0.15, 0.2) is 0 Å². The smallest absolute Gasteiger partial charge is 0.273 e. The molecule has 0 aliphatic rings. The molecule has 7 heteroatoms. The van der Waals surface area contributed by atoms with E-state index in [4.69, 9.17) is 0 Å². The van der Waals surface area contributed by atoms with Gasteiger partial charge in [-0.05, 0) is 56.7 Å². The van der Waals surface area contributed by atoms with Crippen molar-refractivity contribution in [2.45, 2.75) is 67.3 Å². The molecule has 0 unspecified atom stereocenters. The molecule has 27 heavy (non-hydrogen) atoms. The van der Waals surface area contributed by atoms with Gasteiger partial charge in [-0.2, -0.15) is 5.10 Å². The van der Waals surface area contributed by atoms with Crippen molar-refractivity contribution in [3.8, 4) is 0 Å². The van der Waals surface area contributed by atoms with Crippen molar-refractivity contribution in [2.75, 3.05) is 0 Å². The maximum absolute atomic E-state index is 12.2. The van der Waals surface area contributed by atoms with Gasteiger partial charge in [0.1, 0.15) is 0 Å². The highest BCUT2D eigenvalue weighted by Crippen LogP contribution is 2.22. The van der Waals surface area contributed by atoms with E-state index >= 15 is 0 Å². The number of nitrogens with one attached hydrogen (secondary N) is 2. The van der Waals surface area contributed by atoms with Crippen LogP contribution in [0.3, 0.4) is 0 Å². The number of aryl methyl sites for hydroxylation is 3. The molecule has 0 aliphatic heterocycles. The number of hydrogen-bond donors (Lipinski definition) is 2. The largest absolute Gasteiger partial charge is 0.279 e. The minimum Gasteiger partial charge on any atom is -0.273 e. The summed E-state index contributed by atoms with van der Waals surface area (Å²) in [7, 11) is 0. The molecule has 6 nitrogen and oxygen atoms in total.